The Morgan fingerprint density at radius 3 is 3.12 bits per heavy atom. The van der Waals surface area contributed by atoms with Gasteiger partial charge in [0.25, 0.3) is 0 Å². The molecule has 0 aliphatic rings. The van der Waals surface area contributed by atoms with Gasteiger partial charge in [0.1, 0.15) is 6.79 Å². The van der Waals surface area contributed by atoms with Crippen molar-refractivity contribution in [3.8, 4) is 0 Å². The average Bonchev–Trinajstić information content (AvgIpc) is 3.00. The number of furan rings is 1. The number of hydrogen-bond donors (Lipinski definition) is 1. The molecule has 0 aliphatic carbocycles. The Labute approximate surface area is 102 Å². The maximum atomic E-state index is 11.9. The van der Waals surface area contributed by atoms with E-state index in [1.165, 1.54) is 17.6 Å². The van der Waals surface area contributed by atoms with Gasteiger partial charge in [-0.1, -0.05) is 0 Å². The topological polar surface area (TPSA) is 59.7 Å². The van der Waals surface area contributed by atoms with Crippen molar-refractivity contribution in [2.24, 2.45) is 0 Å². The second-order valence-electron chi connectivity index (χ2n) is 3.41. The number of aliphatic hydroxyl groups is 1. The summed E-state index contributed by atoms with van der Waals surface area (Å²) >= 11 is 1.39. The third-order valence-electron chi connectivity index (χ3n) is 2.25. The Balaban J connectivity index is 2.00. The number of carbonyl (C=O) groups excluding carboxylic acids is 1. The first-order chi connectivity index (χ1) is 8.31. The van der Waals surface area contributed by atoms with Gasteiger partial charge in [0, 0.05) is 0 Å². The van der Waals surface area contributed by atoms with Gasteiger partial charge in [0.05, 0.1) is 17.7 Å². The molecule has 2 aromatic rings. The molecule has 0 aromatic carbocycles. The number of rotatable bonds is 6. The van der Waals surface area contributed by atoms with Crippen LogP contribution in [0, 0.1) is 0 Å². The average molecular weight is 252 g/mol. The molecule has 17 heavy (non-hydrogen) atoms. The lowest BCUT2D eigenvalue weighted by Gasteiger charge is -1.97. The van der Waals surface area contributed by atoms with Gasteiger partial charge in [-0.05, 0) is 35.6 Å². The molecule has 0 spiro atoms. The molecule has 90 valence electrons. The normalized spacial score (nSPS) is 10.6. The maximum absolute atomic E-state index is 11.9. The predicted molar refractivity (Wildman–Crippen MR) is 63.2 cm³/mol. The number of ether oxygens (including phenoxy) is 1. The first-order valence-electron chi connectivity index (χ1n) is 5.15. The highest BCUT2D eigenvalue weighted by Crippen LogP contribution is 2.19. The van der Waals surface area contributed by atoms with Crippen molar-refractivity contribution in [2.75, 3.05) is 13.4 Å². The van der Waals surface area contributed by atoms with E-state index in [-0.39, 0.29) is 12.6 Å². The summed E-state index contributed by atoms with van der Waals surface area (Å²) in [6.45, 7) is 0.171. The van der Waals surface area contributed by atoms with Gasteiger partial charge in [0.15, 0.2) is 5.76 Å². The highest BCUT2D eigenvalue weighted by atomic mass is 32.1. The summed E-state index contributed by atoms with van der Waals surface area (Å²) in [5.41, 5.74) is 1.03. The van der Waals surface area contributed by atoms with Crippen molar-refractivity contribution in [3.05, 3.63) is 46.0 Å². The predicted octanol–water partition coefficient (Wildman–Crippen LogP) is 2.08. The van der Waals surface area contributed by atoms with Gasteiger partial charge in [-0.2, -0.15) is 0 Å². The fraction of sp³-hybridized carbons (Fsp3) is 0.250. The second kappa shape index (κ2) is 5.77. The molecule has 2 heterocycles. The van der Waals surface area contributed by atoms with Crippen LogP contribution in [0.25, 0.3) is 0 Å². The minimum Gasteiger partial charge on any atom is -0.461 e. The van der Waals surface area contributed by atoms with Gasteiger partial charge in [-0.15, -0.1) is 11.3 Å². The molecule has 0 atom stereocenters. The van der Waals surface area contributed by atoms with Gasteiger partial charge in [0.2, 0.25) is 5.78 Å². The molecule has 0 bridgehead atoms. The third kappa shape index (κ3) is 3.03. The fourth-order valence-corrected chi connectivity index (χ4v) is 2.30. The van der Waals surface area contributed by atoms with E-state index in [4.69, 9.17) is 14.3 Å². The number of hydrogen-bond acceptors (Lipinski definition) is 5. The zero-order chi connectivity index (χ0) is 12.1. The Morgan fingerprint density at radius 2 is 2.41 bits per heavy atom. The number of carbonyl (C=O) groups is 1. The molecule has 0 aliphatic heterocycles. The van der Waals surface area contributed by atoms with Gasteiger partial charge >= 0.3 is 0 Å². The largest absolute Gasteiger partial charge is 0.461 e. The highest BCUT2D eigenvalue weighted by molar-refractivity contribution is 7.12. The molecule has 0 fully saturated rings. The molecule has 0 saturated heterocycles. The summed E-state index contributed by atoms with van der Waals surface area (Å²) in [6.07, 6.45) is 2.17. The van der Waals surface area contributed by atoms with E-state index in [2.05, 4.69) is 0 Å². The monoisotopic (exact) mass is 252 g/mol. The second-order valence-corrected chi connectivity index (χ2v) is 4.32. The van der Waals surface area contributed by atoms with E-state index < -0.39 is 0 Å². The van der Waals surface area contributed by atoms with E-state index in [0.29, 0.717) is 23.7 Å². The standard InChI is InChI=1S/C12H12O4S/c13-8-15-5-3-9-6-11(17-7-9)12(14)10-2-1-4-16-10/h1-2,4,6-7,13H,3,5,8H2. The number of thiophene rings is 1. The SMILES string of the molecule is O=C(c1ccco1)c1cc(CCOCO)cs1. The summed E-state index contributed by atoms with van der Waals surface area (Å²) < 4.78 is 9.89. The van der Waals surface area contributed by atoms with Crippen LogP contribution in [-0.4, -0.2) is 24.3 Å². The number of ketones is 1. The Kier molecular flexibility index (Phi) is 4.08. The van der Waals surface area contributed by atoms with Gasteiger partial charge in [-0.25, -0.2) is 0 Å². The van der Waals surface area contributed by atoms with Crippen molar-refractivity contribution < 1.29 is 19.1 Å². The quantitative estimate of drug-likeness (QED) is 0.486. The molecule has 2 rings (SSSR count). The van der Waals surface area contributed by atoms with Crippen LogP contribution in [0.15, 0.2) is 34.3 Å². The molecule has 0 amide bonds. The minimum absolute atomic E-state index is 0.102. The highest BCUT2D eigenvalue weighted by Gasteiger charge is 2.13. The zero-order valence-electron chi connectivity index (χ0n) is 9.09. The lowest BCUT2D eigenvalue weighted by atomic mass is 10.2. The Bertz CT molecular complexity index is 472. The van der Waals surface area contributed by atoms with Crippen LogP contribution in [0.1, 0.15) is 21.0 Å². The van der Waals surface area contributed by atoms with Crippen LogP contribution >= 0.6 is 11.3 Å². The van der Waals surface area contributed by atoms with Gasteiger partial charge in [-0.3, -0.25) is 4.79 Å². The van der Waals surface area contributed by atoms with E-state index >= 15 is 0 Å². The van der Waals surface area contributed by atoms with Crippen LogP contribution in [0.5, 0.6) is 0 Å². The summed E-state index contributed by atoms with van der Waals surface area (Å²) in [4.78, 5) is 12.5. The van der Waals surface area contributed by atoms with Crippen LogP contribution in [0.3, 0.4) is 0 Å². The molecule has 1 N–H and O–H groups in total. The lowest BCUT2D eigenvalue weighted by Crippen LogP contribution is -1.99. The fourth-order valence-electron chi connectivity index (χ4n) is 1.41. The lowest BCUT2D eigenvalue weighted by molar-refractivity contribution is 0.000288. The number of aliphatic hydroxyl groups excluding tert-OH is 1. The molecule has 0 unspecified atom stereocenters. The van der Waals surface area contributed by atoms with E-state index in [0.717, 1.165) is 5.56 Å². The Morgan fingerprint density at radius 1 is 1.53 bits per heavy atom. The van der Waals surface area contributed by atoms with Crippen molar-refractivity contribution >= 4 is 17.1 Å². The smallest absolute Gasteiger partial charge is 0.238 e. The molecule has 5 heteroatoms. The Hall–Kier alpha value is -1.43. The van der Waals surface area contributed by atoms with Crippen molar-refractivity contribution in [3.63, 3.8) is 0 Å². The van der Waals surface area contributed by atoms with Crippen LogP contribution in [-0.2, 0) is 11.2 Å². The van der Waals surface area contributed by atoms with E-state index in [1.807, 2.05) is 11.4 Å². The first kappa shape index (κ1) is 12.0. The van der Waals surface area contributed by atoms with E-state index in [1.54, 1.807) is 12.1 Å². The molecule has 0 radical (unpaired) electrons. The van der Waals surface area contributed by atoms with Crippen molar-refractivity contribution in [1.82, 2.24) is 0 Å². The maximum Gasteiger partial charge on any atom is 0.238 e. The first-order valence-corrected chi connectivity index (χ1v) is 6.03. The molecule has 4 nitrogen and oxygen atoms in total. The minimum atomic E-state index is -0.275. The summed E-state index contributed by atoms with van der Waals surface area (Å²) in [6, 6.07) is 5.17. The van der Waals surface area contributed by atoms with Crippen LogP contribution in [0.2, 0.25) is 0 Å². The zero-order valence-corrected chi connectivity index (χ0v) is 9.90. The van der Waals surface area contributed by atoms with E-state index in [9.17, 15) is 4.79 Å². The molecule has 0 saturated carbocycles. The van der Waals surface area contributed by atoms with Gasteiger partial charge < -0.3 is 14.3 Å². The van der Waals surface area contributed by atoms with Crippen LogP contribution < -0.4 is 0 Å². The summed E-state index contributed by atoms with van der Waals surface area (Å²) in [5, 5.41) is 10.4. The molecular weight excluding hydrogens is 240 g/mol. The van der Waals surface area contributed by atoms with Crippen LogP contribution in [0.4, 0.5) is 0 Å². The molecule has 2 aromatic heterocycles. The third-order valence-corrected chi connectivity index (χ3v) is 3.23. The summed E-state index contributed by atoms with van der Waals surface area (Å²) in [5.74, 6) is 0.249. The van der Waals surface area contributed by atoms with Crippen molar-refractivity contribution in [2.45, 2.75) is 6.42 Å². The molecular formula is C12H12O4S. The summed E-state index contributed by atoms with van der Waals surface area (Å²) in [7, 11) is 0. The van der Waals surface area contributed by atoms with Crippen molar-refractivity contribution in [1.29, 1.82) is 0 Å².